The molecule has 1 rings (SSSR count). The van der Waals surface area contributed by atoms with Crippen molar-refractivity contribution >= 4 is 5.78 Å². The minimum atomic E-state index is -0.242. The second kappa shape index (κ2) is 3.85. The molecule has 2 nitrogen and oxygen atoms in total. The van der Waals surface area contributed by atoms with Gasteiger partial charge in [0.05, 0.1) is 6.04 Å². The summed E-state index contributed by atoms with van der Waals surface area (Å²) in [5.74, 6) is 0.549. The first kappa shape index (κ1) is 9.46. The Balaban J connectivity index is 2.45. The fraction of sp³-hybridized carbons (Fsp3) is 0.700. The number of allylic oxidation sites excluding steroid dienone is 1. The molecule has 0 radical (unpaired) electrons. The number of carbonyl (C=O) groups is 1. The highest BCUT2D eigenvalue weighted by Crippen LogP contribution is 2.29. The molecule has 0 bridgehead atoms. The predicted molar refractivity (Wildman–Crippen MR) is 49.8 cm³/mol. The third-order valence-electron chi connectivity index (χ3n) is 2.42. The molecule has 0 saturated heterocycles. The Hall–Kier alpha value is -0.630. The van der Waals surface area contributed by atoms with Crippen LogP contribution in [0, 0.1) is 5.92 Å². The normalized spacial score (nSPS) is 19.6. The Kier molecular flexibility index (Phi) is 3.04. The SMILES string of the molecule is CC(C)=CC(=O)C(N)C1CCC1. The van der Waals surface area contributed by atoms with Gasteiger partial charge in [-0.1, -0.05) is 12.0 Å². The van der Waals surface area contributed by atoms with E-state index in [0.29, 0.717) is 5.92 Å². The molecule has 1 aliphatic rings. The third-order valence-corrected chi connectivity index (χ3v) is 2.42. The lowest BCUT2D eigenvalue weighted by Gasteiger charge is -2.29. The van der Waals surface area contributed by atoms with Crippen LogP contribution in [-0.4, -0.2) is 11.8 Å². The summed E-state index contributed by atoms with van der Waals surface area (Å²) < 4.78 is 0. The van der Waals surface area contributed by atoms with Crippen molar-refractivity contribution in [3.05, 3.63) is 11.6 Å². The van der Waals surface area contributed by atoms with Gasteiger partial charge in [0.25, 0.3) is 0 Å². The maximum Gasteiger partial charge on any atom is 0.172 e. The molecule has 0 heterocycles. The summed E-state index contributed by atoms with van der Waals surface area (Å²) in [7, 11) is 0. The minimum Gasteiger partial charge on any atom is -0.321 e. The zero-order valence-corrected chi connectivity index (χ0v) is 7.84. The molecule has 68 valence electrons. The van der Waals surface area contributed by atoms with Crippen LogP contribution in [0.1, 0.15) is 33.1 Å². The van der Waals surface area contributed by atoms with Gasteiger partial charge in [0.2, 0.25) is 0 Å². The maximum absolute atomic E-state index is 11.4. The van der Waals surface area contributed by atoms with Crippen molar-refractivity contribution in [2.24, 2.45) is 11.7 Å². The van der Waals surface area contributed by atoms with Crippen LogP contribution in [0.3, 0.4) is 0 Å². The van der Waals surface area contributed by atoms with E-state index < -0.39 is 0 Å². The molecule has 0 aromatic heterocycles. The minimum absolute atomic E-state index is 0.0969. The number of ketones is 1. The van der Waals surface area contributed by atoms with E-state index >= 15 is 0 Å². The molecule has 2 heteroatoms. The summed E-state index contributed by atoms with van der Waals surface area (Å²) in [6, 6.07) is -0.242. The van der Waals surface area contributed by atoms with E-state index in [1.165, 1.54) is 6.42 Å². The number of nitrogens with two attached hydrogens (primary N) is 1. The van der Waals surface area contributed by atoms with Gasteiger partial charge < -0.3 is 5.73 Å². The van der Waals surface area contributed by atoms with Crippen LogP contribution in [0.2, 0.25) is 0 Å². The molecule has 0 aromatic rings. The lowest BCUT2D eigenvalue weighted by molar-refractivity contribution is -0.117. The molecular weight excluding hydrogens is 150 g/mol. The average Bonchev–Trinajstić information content (AvgIpc) is 1.81. The lowest BCUT2D eigenvalue weighted by Crippen LogP contribution is -2.40. The van der Waals surface area contributed by atoms with Crippen molar-refractivity contribution in [3.63, 3.8) is 0 Å². The van der Waals surface area contributed by atoms with Gasteiger partial charge >= 0.3 is 0 Å². The number of carbonyl (C=O) groups excluding carboxylic acids is 1. The van der Waals surface area contributed by atoms with Crippen LogP contribution in [0.4, 0.5) is 0 Å². The van der Waals surface area contributed by atoms with Gasteiger partial charge in [-0.25, -0.2) is 0 Å². The summed E-state index contributed by atoms with van der Waals surface area (Å²) in [5, 5.41) is 0. The summed E-state index contributed by atoms with van der Waals surface area (Å²) in [6.07, 6.45) is 5.15. The van der Waals surface area contributed by atoms with E-state index in [1.807, 2.05) is 13.8 Å². The molecular formula is C10H17NO. The van der Waals surface area contributed by atoms with Crippen molar-refractivity contribution in [1.29, 1.82) is 0 Å². The summed E-state index contributed by atoms with van der Waals surface area (Å²) in [5.41, 5.74) is 6.81. The van der Waals surface area contributed by atoms with Crippen LogP contribution in [-0.2, 0) is 4.79 Å². The Morgan fingerprint density at radius 2 is 2.08 bits per heavy atom. The van der Waals surface area contributed by atoms with E-state index in [1.54, 1.807) is 6.08 Å². The van der Waals surface area contributed by atoms with Crippen molar-refractivity contribution in [2.45, 2.75) is 39.2 Å². The number of hydrogen-bond acceptors (Lipinski definition) is 2. The highest BCUT2D eigenvalue weighted by Gasteiger charge is 2.27. The summed E-state index contributed by atoms with van der Waals surface area (Å²) in [4.78, 5) is 11.4. The van der Waals surface area contributed by atoms with Crippen LogP contribution in [0.25, 0.3) is 0 Å². The molecule has 1 unspecified atom stereocenters. The van der Waals surface area contributed by atoms with Gasteiger partial charge in [-0.3, -0.25) is 4.79 Å². The summed E-state index contributed by atoms with van der Waals surface area (Å²) >= 11 is 0. The van der Waals surface area contributed by atoms with Gasteiger partial charge in [-0.05, 0) is 38.7 Å². The van der Waals surface area contributed by atoms with Gasteiger partial charge in [0, 0.05) is 0 Å². The largest absolute Gasteiger partial charge is 0.321 e. The summed E-state index contributed by atoms with van der Waals surface area (Å²) in [6.45, 7) is 3.84. The van der Waals surface area contributed by atoms with Crippen molar-refractivity contribution in [2.75, 3.05) is 0 Å². The van der Waals surface area contributed by atoms with Crippen molar-refractivity contribution in [1.82, 2.24) is 0 Å². The Labute approximate surface area is 73.8 Å². The second-order valence-electron chi connectivity index (χ2n) is 3.84. The van der Waals surface area contributed by atoms with E-state index in [-0.39, 0.29) is 11.8 Å². The van der Waals surface area contributed by atoms with Crippen LogP contribution in [0.15, 0.2) is 11.6 Å². The van der Waals surface area contributed by atoms with E-state index in [2.05, 4.69) is 0 Å². The fourth-order valence-electron chi connectivity index (χ4n) is 1.41. The first-order valence-corrected chi connectivity index (χ1v) is 4.55. The molecule has 2 N–H and O–H groups in total. The molecule has 0 amide bonds. The molecule has 1 saturated carbocycles. The molecule has 0 spiro atoms. The van der Waals surface area contributed by atoms with E-state index in [0.717, 1.165) is 18.4 Å². The van der Waals surface area contributed by atoms with Crippen molar-refractivity contribution < 1.29 is 4.79 Å². The number of rotatable bonds is 3. The molecule has 1 fully saturated rings. The molecule has 12 heavy (non-hydrogen) atoms. The monoisotopic (exact) mass is 167 g/mol. The lowest BCUT2D eigenvalue weighted by atomic mass is 9.78. The zero-order valence-electron chi connectivity index (χ0n) is 7.84. The Morgan fingerprint density at radius 3 is 2.42 bits per heavy atom. The fourth-order valence-corrected chi connectivity index (χ4v) is 1.41. The Morgan fingerprint density at radius 1 is 1.50 bits per heavy atom. The predicted octanol–water partition coefficient (Wildman–Crippen LogP) is 1.65. The highest BCUT2D eigenvalue weighted by atomic mass is 16.1. The van der Waals surface area contributed by atoms with Crippen LogP contribution >= 0.6 is 0 Å². The topological polar surface area (TPSA) is 43.1 Å². The zero-order chi connectivity index (χ0) is 9.14. The van der Waals surface area contributed by atoms with Gasteiger partial charge in [-0.2, -0.15) is 0 Å². The second-order valence-corrected chi connectivity index (χ2v) is 3.84. The molecule has 1 aliphatic carbocycles. The van der Waals surface area contributed by atoms with Crippen LogP contribution < -0.4 is 5.73 Å². The average molecular weight is 167 g/mol. The van der Waals surface area contributed by atoms with Gasteiger partial charge in [-0.15, -0.1) is 0 Å². The van der Waals surface area contributed by atoms with Crippen LogP contribution in [0.5, 0.6) is 0 Å². The molecule has 1 atom stereocenters. The standard InChI is InChI=1S/C10H17NO/c1-7(2)6-9(12)10(11)8-4-3-5-8/h6,8,10H,3-5,11H2,1-2H3. The van der Waals surface area contributed by atoms with Gasteiger partial charge in [0.1, 0.15) is 0 Å². The number of hydrogen-bond donors (Lipinski definition) is 1. The quantitative estimate of drug-likeness (QED) is 0.649. The van der Waals surface area contributed by atoms with Crippen molar-refractivity contribution in [3.8, 4) is 0 Å². The molecule has 0 aromatic carbocycles. The molecule has 0 aliphatic heterocycles. The van der Waals surface area contributed by atoms with E-state index in [4.69, 9.17) is 5.73 Å². The smallest absolute Gasteiger partial charge is 0.172 e. The van der Waals surface area contributed by atoms with E-state index in [9.17, 15) is 4.79 Å². The maximum atomic E-state index is 11.4. The first-order chi connectivity index (χ1) is 5.61. The Bertz CT molecular complexity index is 200. The van der Waals surface area contributed by atoms with Gasteiger partial charge in [0.15, 0.2) is 5.78 Å². The third kappa shape index (κ3) is 2.18. The highest BCUT2D eigenvalue weighted by molar-refractivity contribution is 5.94. The first-order valence-electron chi connectivity index (χ1n) is 4.55.